The SMILES string of the molecule is COc1ccc(N2CCN([C@H]3CCCN(C(=O)c4ccc[nH]4)C3)CC2)cc1. The number of nitrogens with zero attached hydrogens (tertiary/aromatic N) is 3. The van der Waals surface area contributed by atoms with Crippen LogP contribution in [-0.4, -0.2) is 73.1 Å². The van der Waals surface area contributed by atoms with Crippen molar-refractivity contribution in [1.82, 2.24) is 14.8 Å². The maximum atomic E-state index is 12.6. The van der Waals surface area contributed by atoms with Gasteiger partial charge in [-0.25, -0.2) is 0 Å². The third-order valence-corrected chi connectivity index (χ3v) is 5.78. The molecule has 2 aliphatic heterocycles. The average Bonchev–Trinajstić information content (AvgIpc) is 3.28. The molecule has 27 heavy (non-hydrogen) atoms. The molecule has 2 fully saturated rings. The number of hydrogen-bond acceptors (Lipinski definition) is 4. The summed E-state index contributed by atoms with van der Waals surface area (Å²) in [7, 11) is 1.70. The van der Waals surface area contributed by atoms with Crippen molar-refractivity contribution in [2.45, 2.75) is 18.9 Å². The molecular weight excluding hydrogens is 340 g/mol. The molecular formula is C21H28N4O2. The lowest BCUT2D eigenvalue weighted by Gasteiger charge is -2.43. The standard InChI is InChI=1S/C21H28N4O2/c1-27-19-8-6-17(7-9-19)23-12-14-24(15-13-23)18-4-3-11-25(16-18)21(26)20-5-2-10-22-20/h2,5-10,18,22H,3-4,11-16H2,1H3/t18-/m0/s1. The number of carbonyl (C=O) groups excluding carboxylic acids is 1. The molecule has 0 radical (unpaired) electrons. The van der Waals surface area contributed by atoms with E-state index in [0.717, 1.165) is 51.4 Å². The van der Waals surface area contributed by atoms with Gasteiger partial charge in [0.25, 0.3) is 5.91 Å². The van der Waals surface area contributed by atoms with Gasteiger partial charge in [0.1, 0.15) is 11.4 Å². The molecule has 2 saturated heterocycles. The summed E-state index contributed by atoms with van der Waals surface area (Å²) >= 11 is 0. The van der Waals surface area contributed by atoms with E-state index in [1.165, 1.54) is 12.1 Å². The number of piperidine rings is 1. The highest BCUT2D eigenvalue weighted by Crippen LogP contribution is 2.23. The van der Waals surface area contributed by atoms with Gasteiger partial charge in [0, 0.05) is 57.2 Å². The number of nitrogens with one attached hydrogen (secondary N) is 1. The molecule has 2 aromatic rings. The zero-order chi connectivity index (χ0) is 18.6. The topological polar surface area (TPSA) is 51.8 Å². The van der Waals surface area contributed by atoms with Crippen LogP contribution in [0.25, 0.3) is 0 Å². The summed E-state index contributed by atoms with van der Waals surface area (Å²) in [5.41, 5.74) is 1.95. The zero-order valence-corrected chi connectivity index (χ0v) is 15.9. The number of amides is 1. The number of H-pyrrole nitrogens is 1. The summed E-state index contributed by atoms with van der Waals surface area (Å²) in [5, 5.41) is 0. The first-order valence-electron chi connectivity index (χ1n) is 9.80. The lowest BCUT2D eigenvalue weighted by molar-refractivity contribution is 0.0559. The third-order valence-electron chi connectivity index (χ3n) is 5.78. The van der Waals surface area contributed by atoms with Gasteiger partial charge in [-0.2, -0.15) is 0 Å². The second-order valence-electron chi connectivity index (χ2n) is 7.35. The molecule has 2 aliphatic rings. The highest BCUT2D eigenvalue weighted by molar-refractivity contribution is 5.92. The monoisotopic (exact) mass is 368 g/mol. The van der Waals surface area contributed by atoms with Crippen LogP contribution in [0.5, 0.6) is 5.75 Å². The Kier molecular flexibility index (Phi) is 5.34. The Hall–Kier alpha value is -2.47. The fraction of sp³-hybridized carbons (Fsp3) is 0.476. The molecule has 1 N–H and O–H groups in total. The van der Waals surface area contributed by atoms with E-state index in [-0.39, 0.29) is 5.91 Å². The molecule has 0 unspecified atom stereocenters. The van der Waals surface area contributed by atoms with Crippen molar-refractivity contribution in [3.05, 3.63) is 48.3 Å². The normalized spacial score (nSPS) is 21.3. The van der Waals surface area contributed by atoms with Crippen LogP contribution in [0.15, 0.2) is 42.6 Å². The van der Waals surface area contributed by atoms with E-state index in [4.69, 9.17) is 4.74 Å². The second kappa shape index (κ2) is 8.05. The zero-order valence-electron chi connectivity index (χ0n) is 15.9. The van der Waals surface area contributed by atoms with Crippen LogP contribution >= 0.6 is 0 Å². The minimum Gasteiger partial charge on any atom is -0.497 e. The lowest BCUT2D eigenvalue weighted by atomic mass is 10.0. The summed E-state index contributed by atoms with van der Waals surface area (Å²) in [6.45, 7) is 5.82. The maximum Gasteiger partial charge on any atom is 0.270 e. The van der Waals surface area contributed by atoms with Crippen molar-refractivity contribution in [2.75, 3.05) is 51.3 Å². The van der Waals surface area contributed by atoms with E-state index >= 15 is 0 Å². The number of piperazine rings is 1. The van der Waals surface area contributed by atoms with Gasteiger partial charge in [-0.05, 0) is 49.2 Å². The average molecular weight is 368 g/mol. The van der Waals surface area contributed by atoms with Gasteiger partial charge in [0.05, 0.1) is 7.11 Å². The fourth-order valence-corrected chi connectivity index (χ4v) is 4.21. The van der Waals surface area contributed by atoms with Gasteiger partial charge in [-0.1, -0.05) is 0 Å². The van der Waals surface area contributed by atoms with Gasteiger partial charge < -0.3 is 19.5 Å². The molecule has 3 heterocycles. The minimum atomic E-state index is 0.126. The van der Waals surface area contributed by atoms with Crippen LogP contribution in [0, 0.1) is 0 Å². The molecule has 0 bridgehead atoms. The molecule has 4 rings (SSSR count). The molecule has 1 amide bonds. The van der Waals surface area contributed by atoms with Crippen molar-refractivity contribution in [3.63, 3.8) is 0 Å². The highest BCUT2D eigenvalue weighted by atomic mass is 16.5. The number of aromatic amines is 1. The summed E-state index contributed by atoms with van der Waals surface area (Å²) in [5.74, 6) is 1.02. The number of ether oxygens (including phenoxy) is 1. The van der Waals surface area contributed by atoms with Crippen LogP contribution in [0.2, 0.25) is 0 Å². The Labute approximate surface area is 160 Å². The van der Waals surface area contributed by atoms with Crippen LogP contribution in [-0.2, 0) is 0 Å². The van der Waals surface area contributed by atoms with Gasteiger partial charge in [0.15, 0.2) is 0 Å². The molecule has 6 nitrogen and oxygen atoms in total. The lowest BCUT2D eigenvalue weighted by Crippen LogP contribution is -2.55. The molecule has 0 aliphatic carbocycles. The summed E-state index contributed by atoms with van der Waals surface area (Å²) < 4.78 is 5.25. The van der Waals surface area contributed by atoms with Crippen molar-refractivity contribution in [3.8, 4) is 5.75 Å². The molecule has 0 saturated carbocycles. The quantitative estimate of drug-likeness (QED) is 0.901. The number of benzene rings is 1. The molecule has 1 atom stereocenters. The van der Waals surface area contributed by atoms with Gasteiger partial charge >= 0.3 is 0 Å². The van der Waals surface area contributed by atoms with E-state index in [0.29, 0.717) is 11.7 Å². The van der Waals surface area contributed by atoms with Gasteiger partial charge in [-0.15, -0.1) is 0 Å². The Morgan fingerprint density at radius 1 is 1.07 bits per heavy atom. The number of hydrogen-bond donors (Lipinski definition) is 1. The summed E-state index contributed by atoms with van der Waals surface area (Å²) in [6, 6.07) is 12.5. The predicted molar refractivity (Wildman–Crippen MR) is 106 cm³/mol. The van der Waals surface area contributed by atoms with E-state index in [9.17, 15) is 4.79 Å². The number of rotatable bonds is 4. The molecule has 6 heteroatoms. The highest BCUT2D eigenvalue weighted by Gasteiger charge is 2.30. The first kappa shape index (κ1) is 17.9. The fourth-order valence-electron chi connectivity index (χ4n) is 4.21. The Balaban J connectivity index is 1.33. The van der Waals surface area contributed by atoms with Crippen LogP contribution in [0.1, 0.15) is 23.3 Å². The summed E-state index contributed by atoms with van der Waals surface area (Å²) in [4.78, 5) is 22.7. The van der Waals surface area contributed by atoms with Crippen molar-refractivity contribution >= 4 is 11.6 Å². The van der Waals surface area contributed by atoms with E-state index < -0.39 is 0 Å². The van der Waals surface area contributed by atoms with E-state index in [2.05, 4.69) is 26.9 Å². The first-order chi connectivity index (χ1) is 13.2. The Morgan fingerprint density at radius 3 is 2.52 bits per heavy atom. The first-order valence-corrected chi connectivity index (χ1v) is 9.80. The van der Waals surface area contributed by atoms with Gasteiger partial charge in [0.2, 0.25) is 0 Å². The third kappa shape index (κ3) is 3.95. The number of methoxy groups -OCH3 is 1. The molecule has 0 spiro atoms. The van der Waals surface area contributed by atoms with Crippen LogP contribution < -0.4 is 9.64 Å². The molecule has 1 aromatic carbocycles. The summed E-state index contributed by atoms with van der Waals surface area (Å²) in [6.07, 6.45) is 4.07. The van der Waals surface area contributed by atoms with E-state index in [1.54, 1.807) is 7.11 Å². The van der Waals surface area contributed by atoms with E-state index in [1.807, 2.05) is 35.4 Å². The van der Waals surface area contributed by atoms with Crippen LogP contribution in [0.4, 0.5) is 5.69 Å². The minimum absolute atomic E-state index is 0.126. The molecule has 1 aromatic heterocycles. The Bertz CT molecular complexity index is 736. The van der Waals surface area contributed by atoms with Gasteiger partial charge in [-0.3, -0.25) is 9.69 Å². The number of anilines is 1. The van der Waals surface area contributed by atoms with Crippen molar-refractivity contribution in [1.29, 1.82) is 0 Å². The number of aromatic nitrogens is 1. The van der Waals surface area contributed by atoms with Crippen molar-refractivity contribution in [2.24, 2.45) is 0 Å². The predicted octanol–water partition coefficient (Wildman–Crippen LogP) is 2.45. The van der Waals surface area contributed by atoms with Crippen LogP contribution in [0.3, 0.4) is 0 Å². The maximum absolute atomic E-state index is 12.6. The molecule has 144 valence electrons. The number of carbonyl (C=O) groups is 1. The largest absolute Gasteiger partial charge is 0.497 e. The second-order valence-corrected chi connectivity index (χ2v) is 7.35. The Morgan fingerprint density at radius 2 is 1.85 bits per heavy atom. The smallest absolute Gasteiger partial charge is 0.270 e. The number of likely N-dealkylation sites (tertiary alicyclic amines) is 1. The van der Waals surface area contributed by atoms with Crippen molar-refractivity contribution < 1.29 is 9.53 Å².